The fraction of sp³-hybridized carbons (Fsp3) is 0.0526. The molecule has 0 spiro atoms. The van der Waals surface area contributed by atoms with E-state index in [0.29, 0.717) is 22.3 Å². The summed E-state index contributed by atoms with van der Waals surface area (Å²) >= 11 is 12.6. The Hall–Kier alpha value is -2.56. The summed E-state index contributed by atoms with van der Waals surface area (Å²) in [5.41, 5.74) is 10.9. The summed E-state index contributed by atoms with van der Waals surface area (Å²) in [6.07, 6.45) is 0. The molecule has 2 aromatic carbocycles. The fourth-order valence-corrected chi connectivity index (χ4v) is 3.46. The van der Waals surface area contributed by atoms with Gasteiger partial charge in [0.2, 0.25) is 0 Å². The van der Waals surface area contributed by atoms with Crippen LogP contribution in [0.5, 0.6) is 0 Å². The zero-order valence-corrected chi connectivity index (χ0v) is 14.5. The molecule has 0 fully saturated rings. The van der Waals surface area contributed by atoms with Crippen molar-refractivity contribution in [3.05, 3.63) is 81.0 Å². The standard InChI is InChI=1S/C19H13Cl2N3O/c20-11-5-6-12-14(8-11)18(13-3-1-2-4-15(13)21)23-9-10-7-16(19(22)25)24-17(10)12/h1-8,24H,9H2,(H2,22,25). The third-order valence-electron chi connectivity index (χ3n) is 4.21. The lowest BCUT2D eigenvalue weighted by Gasteiger charge is -2.12. The maximum atomic E-state index is 11.5. The molecule has 25 heavy (non-hydrogen) atoms. The van der Waals surface area contributed by atoms with Crippen LogP contribution < -0.4 is 5.73 Å². The molecule has 1 amide bonds. The van der Waals surface area contributed by atoms with Crippen molar-refractivity contribution in [3.8, 4) is 11.3 Å². The number of aromatic nitrogens is 1. The van der Waals surface area contributed by atoms with Gasteiger partial charge in [0.25, 0.3) is 5.91 Å². The molecule has 0 saturated heterocycles. The van der Waals surface area contributed by atoms with Gasteiger partial charge in [-0.3, -0.25) is 9.79 Å². The highest BCUT2D eigenvalue weighted by Crippen LogP contribution is 2.35. The van der Waals surface area contributed by atoms with Crippen LogP contribution in [0.4, 0.5) is 0 Å². The van der Waals surface area contributed by atoms with E-state index in [4.69, 9.17) is 33.9 Å². The first-order chi connectivity index (χ1) is 12.0. The molecule has 0 saturated carbocycles. The molecule has 3 aromatic rings. The van der Waals surface area contributed by atoms with Crippen LogP contribution in [0.15, 0.2) is 53.5 Å². The molecule has 3 N–H and O–H groups in total. The number of hydrogen-bond acceptors (Lipinski definition) is 2. The minimum Gasteiger partial charge on any atom is -0.364 e. The second kappa shape index (κ2) is 6.06. The molecule has 0 atom stereocenters. The van der Waals surface area contributed by atoms with Crippen molar-refractivity contribution in [1.29, 1.82) is 0 Å². The van der Waals surface area contributed by atoms with Crippen molar-refractivity contribution in [1.82, 2.24) is 4.98 Å². The maximum Gasteiger partial charge on any atom is 0.265 e. The Balaban J connectivity index is 1.98. The van der Waals surface area contributed by atoms with Gasteiger partial charge in [-0.2, -0.15) is 0 Å². The summed E-state index contributed by atoms with van der Waals surface area (Å²) in [6.45, 7) is 0.409. The van der Waals surface area contributed by atoms with Gasteiger partial charge in [0.15, 0.2) is 0 Å². The quantitative estimate of drug-likeness (QED) is 0.688. The first-order valence-corrected chi connectivity index (χ1v) is 8.41. The molecule has 1 aromatic heterocycles. The number of nitrogens with zero attached hydrogens (tertiary/aromatic N) is 1. The molecule has 1 aliphatic rings. The minimum absolute atomic E-state index is 0.363. The molecule has 2 heterocycles. The van der Waals surface area contributed by atoms with Crippen molar-refractivity contribution in [2.75, 3.05) is 0 Å². The summed E-state index contributed by atoms with van der Waals surface area (Å²) in [5, 5.41) is 1.22. The van der Waals surface area contributed by atoms with E-state index in [1.165, 1.54) is 0 Å². The van der Waals surface area contributed by atoms with Crippen molar-refractivity contribution in [2.45, 2.75) is 6.54 Å². The summed E-state index contributed by atoms with van der Waals surface area (Å²) in [7, 11) is 0. The van der Waals surface area contributed by atoms with Crippen LogP contribution in [0.1, 0.15) is 27.2 Å². The van der Waals surface area contributed by atoms with Crippen molar-refractivity contribution >= 4 is 34.8 Å². The van der Waals surface area contributed by atoms with Gasteiger partial charge in [-0.15, -0.1) is 0 Å². The fourth-order valence-electron chi connectivity index (χ4n) is 3.06. The van der Waals surface area contributed by atoms with Gasteiger partial charge in [0.1, 0.15) is 5.69 Å². The second-order valence-electron chi connectivity index (χ2n) is 5.78. The normalized spacial score (nSPS) is 12.8. The van der Waals surface area contributed by atoms with Crippen molar-refractivity contribution in [3.63, 3.8) is 0 Å². The van der Waals surface area contributed by atoms with Crippen molar-refractivity contribution in [2.24, 2.45) is 10.7 Å². The SMILES string of the molecule is NC(=O)c1cc2c([nH]1)-c1ccc(Cl)cc1C(c1ccccc1Cl)=NC2. The zero-order chi connectivity index (χ0) is 17.6. The Labute approximate surface area is 154 Å². The van der Waals surface area contributed by atoms with Crippen LogP contribution in [0.2, 0.25) is 10.0 Å². The summed E-state index contributed by atoms with van der Waals surface area (Å²) in [4.78, 5) is 19.4. The highest BCUT2D eigenvalue weighted by molar-refractivity contribution is 6.36. The van der Waals surface area contributed by atoms with E-state index in [-0.39, 0.29) is 0 Å². The number of primary amides is 1. The number of hydrogen-bond donors (Lipinski definition) is 2. The van der Waals surface area contributed by atoms with Gasteiger partial charge in [-0.1, -0.05) is 47.5 Å². The monoisotopic (exact) mass is 369 g/mol. The highest BCUT2D eigenvalue weighted by atomic mass is 35.5. The summed E-state index contributed by atoms with van der Waals surface area (Å²) < 4.78 is 0. The number of nitrogens with two attached hydrogens (primary N) is 1. The first-order valence-electron chi connectivity index (χ1n) is 7.66. The molecule has 6 heteroatoms. The molecule has 0 aliphatic carbocycles. The average molecular weight is 370 g/mol. The third-order valence-corrected chi connectivity index (χ3v) is 4.77. The molecular weight excluding hydrogens is 357 g/mol. The predicted molar refractivity (Wildman–Crippen MR) is 101 cm³/mol. The van der Waals surface area contributed by atoms with Crippen LogP contribution in [0.25, 0.3) is 11.3 Å². The number of carbonyl (C=O) groups excluding carboxylic acids is 1. The third kappa shape index (κ3) is 2.73. The summed E-state index contributed by atoms with van der Waals surface area (Å²) in [5.74, 6) is -0.501. The van der Waals surface area contributed by atoms with Crippen LogP contribution in [-0.2, 0) is 6.54 Å². The number of aromatic amines is 1. The number of carbonyl (C=O) groups is 1. The lowest BCUT2D eigenvalue weighted by molar-refractivity contribution is 0.0996. The van der Waals surface area contributed by atoms with Crippen LogP contribution in [0, 0.1) is 0 Å². The predicted octanol–water partition coefficient (Wildman–Crippen LogP) is 4.44. The Bertz CT molecular complexity index is 1040. The van der Waals surface area contributed by atoms with Gasteiger partial charge in [0, 0.05) is 26.7 Å². The smallest absolute Gasteiger partial charge is 0.265 e. The van der Waals surface area contributed by atoms with E-state index in [1.54, 1.807) is 6.07 Å². The van der Waals surface area contributed by atoms with E-state index >= 15 is 0 Å². The van der Waals surface area contributed by atoms with Gasteiger partial charge in [-0.25, -0.2) is 0 Å². The molecule has 0 bridgehead atoms. The van der Waals surface area contributed by atoms with E-state index in [9.17, 15) is 4.79 Å². The zero-order valence-electron chi connectivity index (χ0n) is 13.0. The molecule has 4 nitrogen and oxygen atoms in total. The highest BCUT2D eigenvalue weighted by Gasteiger charge is 2.23. The second-order valence-corrected chi connectivity index (χ2v) is 6.63. The molecule has 0 radical (unpaired) electrons. The minimum atomic E-state index is -0.501. The van der Waals surface area contributed by atoms with Gasteiger partial charge in [-0.05, 0) is 29.8 Å². The van der Waals surface area contributed by atoms with E-state index < -0.39 is 5.91 Å². The Morgan fingerprint density at radius 1 is 1.04 bits per heavy atom. The largest absolute Gasteiger partial charge is 0.364 e. The number of fused-ring (bicyclic) bond motifs is 3. The molecular formula is C19H13Cl2N3O. The van der Waals surface area contributed by atoms with Gasteiger partial charge < -0.3 is 10.7 Å². The Morgan fingerprint density at radius 3 is 2.60 bits per heavy atom. The number of rotatable bonds is 2. The molecule has 4 rings (SSSR count). The Morgan fingerprint density at radius 2 is 1.84 bits per heavy atom. The van der Waals surface area contributed by atoms with E-state index in [0.717, 1.165) is 33.7 Å². The van der Waals surface area contributed by atoms with E-state index in [2.05, 4.69) is 4.98 Å². The number of aliphatic imine (C=N–C) groups is 1. The Kier molecular flexibility index (Phi) is 3.86. The summed E-state index contributed by atoms with van der Waals surface area (Å²) in [6, 6.07) is 14.9. The van der Waals surface area contributed by atoms with Crippen LogP contribution in [-0.4, -0.2) is 16.6 Å². The van der Waals surface area contributed by atoms with Gasteiger partial charge in [0.05, 0.1) is 18.0 Å². The maximum absolute atomic E-state index is 11.5. The molecule has 124 valence electrons. The number of nitrogens with one attached hydrogen (secondary N) is 1. The van der Waals surface area contributed by atoms with Crippen LogP contribution in [0.3, 0.4) is 0 Å². The number of benzene rings is 2. The average Bonchev–Trinajstić information content (AvgIpc) is 2.95. The van der Waals surface area contributed by atoms with Crippen molar-refractivity contribution < 1.29 is 4.79 Å². The number of amides is 1. The van der Waals surface area contributed by atoms with Gasteiger partial charge >= 0.3 is 0 Å². The number of H-pyrrole nitrogens is 1. The molecule has 1 aliphatic heterocycles. The van der Waals surface area contributed by atoms with E-state index in [1.807, 2.05) is 42.5 Å². The molecule has 0 unspecified atom stereocenters. The topological polar surface area (TPSA) is 71.2 Å². The lowest BCUT2D eigenvalue weighted by Crippen LogP contribution is -2.11. The number of halogens is 2. The first kappa shape index (κ1) is 15.9. The lowest BCUT2D eigenvalue weighted by atomic mass is 9.95. The van der Waals surface area contributed by atoms with Crippen LogP contribution >= 0.6 is 23.2 Å².